The number of phenolic OH excluding ortho intramolecular Hbond substituents is 2. The molecule has 0 aliphatic carbocycles. The fourth-order valence-electron chi connectivity index (χ4n) is 3.78. The second kappa shape index (κ2) is 8.75. The molecule has 2 aromatic rings. The van der Waals surface area contributed by atoms with Crippen LogP contribution in [-0.2, 0) is 4.79 Å². The van der Waals surface area contributed by atoms with E-state index in [9.17, 15) is 15.0 Å². The number of carboxylic acids is 1. The van der Waals surface area contributed by atoms with Crippen LogP contribution < -0.4 is 0 Å². The lowest BCUT2D eigenvalue weighted by molar-refractivity contribution is -0.137. The Bertz CT molecular complexity index is 767. The first-order valence-corrected chi connectivity index (χ1v) is 9.08. The molecule has 0 aromatic heterocycles. The molecule has 26 heavy (non-hydrogen) atoms. The van der Waals surface area contributed by atoms with Gasteiger partial charge in [0.1, 0.15) is 11.5 Å². The van der Waals surface area contributed by atoms with Gasteiger partial charge in [0.05, 0.1) is 0 Å². The summed E-state index contributed by atoms with van der Waals surface area (Å²) < 4.78 is 0. The van der Waals surface area contributed by atoms with Crippen molar-refractivity contribution >= 4 is 5.97 Å². The Labute approximate surface area is 155 Å². The number of aliphatic carboxylic acids is 1. The van der Waals surface area contributed by atoms with Crippen molar-refractivity contribution in [2.75, 3.05) is 0 Å². The van der Waals surface area contributed by atoms with Gasteiger partial charge in [-0.25, -0.2) is 0 Å². The largest absolute Gasteiger partial charge is 0.508 e. The van der Waals surface area contributed by atoms with Crippen molar-refractivity contribution in [3.8, 4) is 11.5 Å². The van der Waals surface area contributed by atoms with Crippen molar-refractivity contribution in [1.29, 1.82) is 0 Å². The summed E-state index contributed by atoms with van der Waals surface area (Å²) in [4.78, 5) is 10.9. The molecule has 0 bridgehead atoms. The quantitative estimate of drug-likeness (QED) is 0.604. The van der Waals surface area contributed by atoms with Crippen LogP contribution in [0.25, 0.3) is 0 Å². The summed E-state index contributed by atoms with van der Waals surface area (Å²) in [6.07, 6.45) is 2.47. The molecular formula is C22H28O4. The Balaban J connectivity index is 2.23. The predicted molar refractivity (Wildman–Crippen MR) is 103 cm³/mol. The van der Waals surface area contributed by atoms with E-state index in [4.69, 9.17) is 5.11 Å². The SMILES string of the molecule is Cc1cc(O)ccc1C(C)CC(CCCC(=O)O)c1ccc(O)cc1C. The van der Waals surface area contributed by atoms with E-state index in [1.165, 1.54) is 5.56 Å². The van der Waals surface area contributed by atoms with Crippen LogP contribution in [0.4, 0.5) is 0 Å². The number of phenols is 2. The number of carbonyl (C=O) groups is 1. The van der Waals surface area contributed by atoms with Crippen LogP contribution in [0.3, 0.4) is 0 Å². The molecule has 0 aliphatic rings. The van der Waals surface area contributed by atoms with Gasteiger partial charge in [-0.1, -0.05) is 19.1 Å². The van der Waals surface area contributed by atoms with Gasteiger partial charge in [0.15, 0.2) is 0 Å². The lowest BCUT2D eigenvalue weighted by Crippen LogP contribution is -2.08. The molecule has 140 valence electrons. The number of hydrogen-bond acceptors (Lipinski definition) is 3. The standard InChI is InChI=1S/C22H28O4/c1-14(20-9-7-18(23)12-15(20)2)11-17(5-4-6-22(25)26)21-10-8-19(24)13-16(21)3/h7-10,12-14,17,23-24H,4-6,11H2,1-3H3,(H,25,26). The summed E-state index contributed by atoms with van der Waals surface area (Å²) in [5.74, 6) is 0.245. The number of hydrogen-bond donors (Lipinski definition) is 3. The average Bonchev–Trinajstić information content (AvgIpc) is 2.53. The summed E-state index contributed by atoms with van der Waals surface area (Å²) in [5, 5.41) is 28.3. The second-order valence-corrected chi connectivity index (χ2v) is 7.20. The van der Waals surface area contributed by atoms with Gasteiger partial charge >= 0.3 is 5.97 Å². The number of aromatic hydroxyl groups is 2. The van der Waals surface area contributed by atoms with Crippen molar-refractivity contribution in [3.63, 3.8) is 0 Å². The molecule has 4 nitrogen and oxygen atoms in total. The van der Waals surface area contributed by atoms with Crippen LogP contribution in [0.5, 0.6) is 11.5 Å². The highest BCUT2D eigenvalue weighted by Gasteiger charge is 2.20. The van der Waals surface area contributed by atoms with Crippen LogP contribution in [0.1, 0.15) is 66.7 Å². The molecule has 0 saturated heterocycles. The normalized spacial score (nSPS) is 13.3. The van der Waals surface area contributed by atoms with E-state index < -0.39 is 5.97 Å². The number of rotatable bonds is 8. The third-order valence-electron chi connectivity index (χ3n) is 5.06. The minimum Gasteiger partial charge on any atom is -0.508 e. The van der Waals surface area contributed by atoms with Crippen LogP contribution in [0.2, 0.25) is 0 Å². The maximum atomic E-state index is 10.9. The minimum absolute atomic E-state index is 0.167. The summed E-state index contributed by atoms with van der Waals surface area (Å²) in [5.41, 5.74) is 4.45. The monoisotopic (exact) mass is 356 g/mol. The topological polar surface area (TPSA) is 77.8 Å². The average molecular weight is 356 g/mol. The van der Waals surface area contributed by atoms with Crippen molar-refractivity contribution in [2.45, 2.75) is 58.3 Å². The van der Waals surface area contributed by atoms with E-state index in [2.05, 4.69) is 6.92 Å². The van der Waals surface area contributed by atoms with Gasteiger partial charge in [-0.15, -0.1) is 0 Å². The fraction of sp³-hybridized carbons (Fsp3) is 0.409. The maximum Gasteiger partial charge on any atom is 0.303 e. The van der Waals surface area contributed by atoms with Crippen LogP contribution in [-0.4, -0.2) is 21.3 Å². The smallest absolute Gasteiger partial charge is 0.303 e. The van der Waals surface area contributed by atoms with Gasteiger partial charge in [-0.05, 0) is 91.5 Å². The zero-order valence-electron chi connectivity index (χ0n) is 15.7. The van der Waals surface area contributed by atoms with Crippen molar-refractivity contribution in [3.05, 3.63) is 58.7 Å². The van der Waals surface area contributed by atoms with Gasteiger partial charge in [-0.2, -0.15) is 0 Å². The molecule has 4 heteroatoms. The zero-order chi connectivity index (χ0) is 19.3. The lowest BCUT2D eigenvalue weighted by Gasteiger charge is -2.24. The molecule has 2 unspecified atom stereocenters. The highest BCUT2D eigenvalue weighted by atomic mass is 16.4. The maximum absolute atomic E-state index is 10.9. The first-order valence-electron chi connectivity index (χ1n) is 9.08. The molecule has 0 heterocycles. The Morgan fingerprint density at radius 2 is 1.50 bits per heavy atom. The highest BCUT2D eigenvalue weighted by molar-refractivity contribution is 5.66. The van der Waals surface area contributed by atoms with Gasteiger partial charge in [0.25, 0.3) is 0 Å². The lowest BCUT2D eigenvalue weighted by atomic mass is 9.81. The van der Waals surface area contributed by atoms with E-state index in [0.29, 0.717) is 6.42 Å². The first kappa shape index (κ1) is 19.8. The summed E-state index contributed by atoms with van der Waals surface area (Å²) in [6, 6.07) is 10.9. The van der Waals surface area contributed by atoms with Crippen molar-refractivity contribution in [2.24, 2.45) is 0 Å². The van der Waals surface area contributed by atoms with E-state index >= 15 is 0 Å². The van der Waals surface area contributed by atoms with Gasteiger partial charge in [0.2, 0.25) is 0 Å². The van der Waals surface area contributed by atoms with E-state index in [-0.39, 0.29) is 29.8 Å². The first-order chi connectivity index (χ1) is 12.3. The summed E-state index contributed by atoms with van der Waals surface area (Å²) in [6.45, 7) is 6.14. The molecule has 0 amide bonds. The summed E-state index contributed by atoms with van der Waals surface area (Å²) in [7, 11) is 0. The molecule has 0 spiro atoms. The van der Waals surface area contributed by atoms with Gasteiger partial charge in [-0.3, -0.25) is 4.79 Å². The third-order valence-corrected chi connectivity index (χ3v) is 5.06. The van der Waals surface area contributed by atoms with Crippen LogP contribution >= 0.6 is 0 Å². The predicted octanol–water partition coefficient (Wildman–Crippen LogP) is 5.25. The molecule has 0 fully saturated rings. The molecular weight excluding hydrogens is 328 g/mol. The molecule has 2 aromatic carbocycles. The van der Waals surface area contributed by atoms with E-state index in [1.807, 2.05) is 26.0 Å². The number of benzene rings is 2. The molecule has 2 atom stereocenters. The zero-order valence-corrected chi connectivity index (χ0v) is 15.7. The van der Waals surface area contributed by atoms with Crippen molar-refractivity contribution in [1.82, 2.24) is 0 Å². The Hall–Kier alpha value is -2.49. The Morgan fingerprint density at radius 1 is 0.962 bits per heavy atom. The van der Waals surface area contributed by atoms with Gasteiger partial charge < -0.3 is 15.3 Å². The number of carboxylic acid groups (broad SMARTS) is 1. The van der Waals surface area contributed by atoms with E-state index in [1.54, 1.807) is 24.3 Å². The number of aryl methyl sites for hydroxylation is 2. The van der Waals surface area contributed by atoms with Crippen LogP contribution in [0.15, 0.2) is 36.4 Å². The Morgan fingerprint density at radius 3 is 2.00 bits per heavy atom. The van der Waals surface area contributed by atoms with Crippen molar-refractivity contribution < 1.29 is 20.1 Å². The third kappa shape index (κ3) is 5.25. The molecule has 0 saturated carbocycles. The van der Waals surface area contributed by atoms with Crippen LogP contribution in [0, 0.1) is 13.8 Å². The van der Waals surface area contributed by atoms with E-state index in [0.717, 1.165) is 29.5 Å². The molecule has 0 radical (unpaired) electrons. The summed E-state index contributed by atoms with van der Waals surface area (Å²) >= 11 is 0. The minimum atomic E-state index is -0.770. The highest BCUT2D eigenvalue weighted by Crippen LogP contribution is 2.37. The Kier molecular flexibility index (Phi) is 6.67. The second-order valence-electron chi connectivity index (χ2n) is 7.20. The fourth-order valence-corrected chi connectivity index (χ4v) is 3.78. The molecule has 3 N–H and O–H groups in total. The molecule has 2 rings (SSSR count). The molecule has 0 aliphatic heterocycles. The van der Waals surface area contributed by atoms with Gasteiger partial charge in [0, 0.05) is 6.42 Å².